The molecule has 1 spiro atoms. The Morgan fingerprint density at radius 1 is 1.15 bits per heavy atom. The van der Waals surface area contributed by atoms with Crippen LogP contribution >= 0.6 is 11.6 Å². The minimum absolute atomic E-state index is 0.0501. The molecule has 2 heterocycles. The Kier molecular flexibility index (Phi) is 5.78. The standard InChI is InChI=1S/C31H26ClN3O4/c1-3-4-15-34-25-14-13-22(32)16-24(25)31(29(34)36)21(18-33)17-30(35(37)38)27(31)23-7-5-6-8-26(23)39-28(30)20-11-9-19(2)10-12-20/h5-14,16-17,27-28H,3-4,15H2,1-2H3. The second-order valence-corrected chi connectivity index (χ2v) is 10.9. The first-order valence-corrected chi connectivity index (χ1v) is 13.4. The molecular formula is C31H26ClN3O4. The number of fused-ring (bicyclic) bond motifs is 6. The molecule has 1 amide bonds. The van der Waals surface area contributed by atoms with E-state index in [1.807, 2.05) is 38.1 Å². The van der Waals surface area contributed by atoms with Gasteiger partial charge >= 0.3 is 0 Å². The largest absolute Gasteiger partial charge is 0.477 e. The van der Waals surface area contributed by atoms with Gasteiger partial charge in [-0.25, -0.2) is 0 Å². The maximum atomic E-state index is 14.7. The van der Waals surface area contributed by atoms with E-state index >= 15 is 0 Å². The third kappa shape index (κ3) is 3.25. The average molecular weight is 540 g/mol. The van der Waals surface area contributed by atoms with E-state index in [4.69, 9.17) is 16.3 Å². The molecule has 0 fully saturated rings. The molecule has 0 radical (unpaired) electrons. The molecule has 2 aliphatic heterocycles. The fourth-order valence-corrected chi connectivity index (χ4v) is 6.88. The van der Waals surface area contributed by atoms with E-state index in [0.717, 1.165) is 18.4 Å². The number of hydrogen-bond donors (Lipinski definition) is 0. The molecule has 1 aliphatic carbocycles. The summed E-state index contributed by atoms with van der Waals surface area (Å²) in [5.41, 5.74) is -0.222. The van der Waals surface area contributed by atoms with Gasteiger partial charge in [0.15, 0.2) is 6.10 Å². The topological polar surface area (TPSA) is 96.5 Å². The van der Waals surface area contributed by atoms with E-state index in [0.29, 0.717) is 39.7 Å². The Morgan fingerprint density at radius 3 is 2.59 bits per heavy atom. The van der Waals surface area contributed by atoms with Crippen molar-refractivity contribution in [2.24, 2.45) is 0 Å². The minimum atomic E-state index is -1.93. The van der Waals surface area contributed by atoms with Crippen molar-refractivity contribution < 1.29 is 14.5 Å². The molecule has 0 aromatic heterocycles. The van der Waals surface area contributed by atoms with Crippen LogP contribution in [0.15, 0.2) is 78.4 Å². The maximum absolute atomic E-state index is 14.7. The molecule has 6 rings (SSSR count). The van der Waals surface area contributed by atoms with Crippen LogP contribution in [0.2, 0.25) is 5.02 Å². The van der Waals surface area contributed by atoms with Crippen molar-refractivity contribution in [3.8, 4) is 11.8 Å². The highest BCUT2D eigenvalue weighted by Crippen LogP contribution is 2.68. The zero-order valence-electron chi connectivity index (χ0n) is 21.6. The average Bonchev–Trinajstić information content (AvgIpc) is 3.38. The van der Waals surface area contributed by atoms with Gasteiger partial charge in [-0.2, -0.15) is 5.26 Å². The van der Waals surface area contributed by atoms with E-state index in [9.17, 15) is 20.2 Å². The highest BCUT2D eigenvalue weighted by molar-refractivity contribution is 6.31. The predicted octanol–water partition coefficient (Wildman–Crippen LogP) is 6.43. The number of halogens is 1. The number of benzene rings is 3. The number of amides is 1. The lowest BCUT2D eigenvalue weighted by Crippen LogP contribution is -2.57. The van der Waals surface area contributed by atoms with Crippen molar-refractivity contribution in [3.05, 3.63) is 116 Å². The summed E-state index contributed by atoms with van der Waals surface area (Å²) in [5.74, 6) is -0.919. The van der Waals surface area contributed by atoms with Crippen molar-refractivity contribution in [1.82, 2.24) is 0 Å². The van der Waals surface area contributed by atoms with Gasteiger partial charge < -0.3 is 9.64 Å². The number of nitrogens with zero attached hydrogens (tertiary/aromatic N) is 3. The predicted molar refractivity (Wildman–Crippen MR) is 148 cm³/mol. The van der Waals surface area contributed by atoms with Gasteiger partial charge in [0, 0.05) is 39.4 Å². The van der Waals surface area contributed by atoms with Gasteiger partial charge in [-0.15, -0.1) is 0 Å². The smallest absolute Gasteiger partial charge is 0.290 e. The number of unbranched alkanes of at least 4 members (excludes halogenated alkanes) is 1. The van der Waals surface area contributed by atoms with Gasteiger partial charge in [0.05, 0.1) is 17.6 Å². The molecule has 4 atom stereocenters. The van der Waals surface area contributed by atoms with Crippen molar-refractivity contribution in [2.75, 3.05) is 11.4 Å². The summed E-state index contributed by atoms with van der Waals surface area (Å²) in [6.07, 6.45) is 1.92. The maximum Gasteiger partial charge on any atom is 0.290 e. The first-order valence-electron chi connectivity index (χ1n) is 13.0. The van der Waals surface area contributed by atoms with E-state index in [-0.39, 0.29) is 16.4 Å². The van der Waals surface area contributed by atoms with E-state index < -0.39 is 23.0 Å². The summed E-state index contributed by atoms with van der Waals surface area (Å²) in [6, 6.07) is 21.9. The SMILES string of the molecule is CCCCN1C(=O)C2(C(C#N)=CC3([N+](=O)[O-])C(c4ccc(C)cc4)Oc4ccccc4C23)c2cc(Cl)ccc21. The van der Waals surface area contributed by atoms with Gasteiger partial charge in [0.1, 0.15) is 11.2 Å². The molecule has 0 saturated heterocycles. The van der Waals surface area contributed by atoms with Crippen LogP contribution in [0.4, 0.5) is 5.69 Å². The molecule has 3 aromatic rings. The third-order valence-electron chi connectivity index (χ3n) is 8.40. The van der Waals surface area contributed by atoms with Crippen molar-refractivity contribution in [1.29, 1.82) is 5.26 Å². The summed E-state index contributed by atoms with van der Waals surface area (Å²) in [5, 5.41) is 24.3. The first kappa shape index (κ1) is 25.1. The highest BCUT2D eigenvalue weighted by atomic mass is 35.5. The quantitative estimate of drug-likeness (QED) is 0.275. The number of ether oxygens (including phenoxy) is 1. The number of anilines is 1. The zero-order valence-corrected chi connectivity index (χ0v) is 22.3. The van der Waals surface area contributed by atoms with Crippen molar-refractivity contribution in [2.45, 2.75) is 49.7 Å². The molecule has 0 bridgehead atoms. The van der Waals surface area contributed by atoms with Crippen LogP contribution < -0.4 is 9.64 Å². The van der Waals surface area contributed by atoms with Crippen molar-refractivity contribution >= 4 is 23.2 Å². The number of nitro groups is 1. The van der Waals surface area contributed by atoms with Gasteiger partial charge in [0.25, 0.3) is 5.54 Å². The molecule has 3 aromatic carbocycles. The molecular weight excluding hydrogens is 514 g/mol. The summed E-state index contributed by atoms with van der Waals surface area (Å²) in [7, 11) is 0. The van der Waals surface area contributed by atoms with Gasteiger partial charge in [-0.05, 0) is 43.2 Å². The lowest BCUT2D eigenvalue weighted by Gasteiger charge is -2.44. The van der Waals surface area contributed by atoms with E-state index in [2.05, 4.69) is 6.07 Å². The summed E-state index contributed by atoms with van der Waals surface area (Å²) in [6.45, 7) is 4.41. The molecule has 8 heteroatoms. The van der Waals surface area contributed by atoms with Gasteiger partial charge in [0.2, 0.25) is 5.91 Å². The number of carbonyl (C=O) groups excluding carboxylic acids is 1. The Bertz CT molecular complexity index is 1590. The summed E-state index contributed by atoms with van der Waals surface area (Å²) in [4.78, 5) is 29.4. The van der Waals surface area contributed by atoms with Crippen LogP contribution in [0, 0.1) is 28.4 Å². The summed E-state index contributed by atoms with van der Waals surface area (Å²) >= 11 is 6.50. The fraction of sp³-hybridized carbons (Fsp3) is 0.290. The number of nitriles is 1. The molecule has 0 saturated carbocycles. The molecule has 39 heavy (non-hydrogen) atoms. The minimum Gasteiger partial charge on any atom is -0.477 e. The van der Waals surface area contributed by atoms with Gasteiger partial charge in [-0.3, -0.25) is 14.9 Å². The molecule has 4 unspecified atom stereocenters. The molecule has 196 valence electrons. The van der Waals surface area contributed by atoms with Gasteiger partial charge in [-0.1, -0.05) is 73.0 Å². The number of rotatable bonds is 5. The molecule has 3 aliphatic rings. The first-order chi connectivity index (χ1) is 18.8. The highest BCUT2D eigenvalue weighted by Gasteiger charge is 2.77. The number of para-hydroxylation sites is 1. The number of carbonyl (C=O) groups is 1. The lowest BCUT2D eigenvalue weighted by molar-refractivity contribution is -0.574. The fourth-order valence-electron chi connectivity index (χ4n) is 6.71. The van der Waals surface area contributed by atoms with Crippen LogP contribution in [0.1, 0.15) is 54.0 Å². The Labute approximate surface area is 231 Å². The van der Waals surface area contributed by atoms with Crippen LogP contribution in [0.3, 0.4) is 0 Å². The van der Waals surface area contributed by atoms with Crippen molar-refractivity contribution in [3.63, 3.8) is 0 Å². The van der Waals surface area contributed by atoms with Crippen LogP contribution in [-0.4, -0.2) is 22.9 Å². The molecule has 7 nitrogen and oxygen atoms in total. The zero-order chi connectivity index (χ0) is 27.5. The summed E-state index contributed by atoms with van der Waals surface area (Å²) < 4.78 is 6.42. The van der Waals surface area contributed by atoms with E-state index in [1.54, 1.807) is 47.4 Å². The third-order valence-corrected chi connectivity index (χ3v) is 8.63. The lowest BCUT2D eigenvalue weighted by atomic mass is 9.60. The Hall–Kier alpha value is -4.15. The van der Waals surface area contributed by atoms with Crippen LogP contribution in [-0.2, 0) is 10.2 Å². The van der Waals surface area contributed by atoms with Crippen LogP contribution in [0.5, 0.6) is 5.75 Å². The number of aryl methyl sites for hydroxylation is 1. The Morgan fingerprint density at radius 2 is 1.90 bits per heavy atom. The normalized spacial score (nSPS) is 26.4. The Balaban J connectivity index is 1.71. The number of hydrogen-bond acceptors (Lipinski definition) is 5. The second-order valence-electron chi connectivity index (χ2n) is 10.5. The van der Waals surface area contributed by atoms with E-state index in [1.165, 1.54) is 6.08 Å². The van der Waals surface area contributed by atoms with Crippen LogP contribution in [0.25, 0.3) is 0 Å². The second kappa shape index (κ2) is 8.96. The molecule has 0 N–H and O–H groups in total. The monoisotopic (exact) mass is 539 g/mol.